The fourth-order valence-electron chi connectivity index (χ4n) is 2.72. The van der Waals surface area contributed by atoms with Gasteiger partial charge >= 0.3 is 0 Å². The van der Waals surface area contributed by atoms with Crippen molar-refractivity contribution in [3.05, 3.63) is 88.7 Å². The fourth-order valence-corrected chi connectivity index (χ4v) is 3.94. The third-order valence-corrected chi connectivity index (χ3v) is 5.97. The fraction of sp³-hybridized carbons (Fsp3) is 0.136. The van der Waals surface area contributed by atoms with Gasteiger partial charge in [-0.05, 0) is 61.0 Å². The van der Waals surface area contributed by atoms with E-state index in [1.165, 1.54) is 36.4 Å². The van der Waals surface area contributed by atoms with E-state index in [-0.39, 0.29) is 29.3 Å². The van der Waals surface area contributed by atoms with Crippen LogP contribution in [0.4, 0.5) is 10.1 Å². The third kappa shape index (κ3) is 5.96. The molecule has 0 bridgehead atoms. The topological polar surface area (TPSA) is 84.5 Å². The number of para-hydroxylation sites is 1. The Morgan fingerprint density at radius 1 is 1.06 bits per heavy atom. The third-order valence-electron chi connectivity index (χ3n) is 4.35. The number of benzene rings is 3. The predicted octanol–water partition coefficient (Wildman–Crippen LogP) is 4.40. The number of hydrogen-bond acceptors (Lipinski definition) is 4. The smallest absolute Gasteiger partial charge is 0.262 e. The minimum Gasteiger partial charge on any atom is -0.492 e. The molecule has 0 aromatic heterocycles. The first-order chi connectivity index (χ1) is 14.8. The summed E-state index contributed by atoms with van der Waals surface area (Å²) in [5, 5.41) is 3.29. The summed E-state index contributed by atoms with van der Waals surface area (Å²) >= 11 is 5.82. The maximum absolute atomic E-state index is 13.8. The molecule has 0 saturated carbocycles. The van der Waals surface area contributed by atoms with E-state index >= 15 is 0 Å². The number of sulfonamides is 1. The summed E-state index contributed by atoms with van der Waals surface area (Å²) in [5.41, 5.74) is 0.622. The van der Waals surface area contributed by atoms with Gasteiger partial charge < -0.3 is 10.1 Å². The second-order valence-corrected chi connectivity index (χ2v) is 8.74. The van der Waals surface area contributed by atoms with Gasteiger partial charge in [-0.2, -0.15) is 0 Å². The lowest BCUT2D eigenvalue weighted by Crippen LogP contribution is -2.29. The molecule has 3 aromatic carbocycles. The van der Waals surface area contributed by atoms with E-state index in [1.807, 2.05) is 0 Å². The Bertz CT molecular complexity index is 1180. The number of nitrogens with one attached hydrogen (secondary N) is 2. The Balaban J connectivity index is 1.66. The monoisotopic (exact) mass is 462 g/mol. The molecule has 0 fully saturated rings. The van der Waals surface area contributed by atoms with Gasteiger partial charge in [0.2, 0.25) is 0 Å². The van der Waals surface area contributed by atoms with Crippen LogP contribution in [0, 0.1) is 12.7 Å². The Morgan fingerprint density at radius 3 is 2.48 bits per heavy atom. The van der Waals surface area contributed by atoms with Gasteiger partial charge in [0.05, 0.1) is 17.1 Å². The van der Waals surface area contributed by atoms with Crippen molar-refractivity contribution in [2.75, 3.05) is 17.9 Å². The summed E-state index contributed by atoms with van der Waals surface area (Å²) < 4.78 is 46.8. The molecule has 0 spiro atoms. The molecule has 31 heavy (non-hydrogen) atoms. The molecule has 0 saturated heterocycles. The van der Waals surface area contributed by atoms with Crippen molar-refractivity contribution >= 4 is 33.2 Å². The number of aryl methyl sites for hydroxylation is 1. The van der Waals surface area contributed by atoms with E-state index in [2.05, 4.69) is 10.0 Å². The molecule has 0 aliphatic rings. The van der Waals surface area contributed by atoms with Crippen LogP contribution in [0.3, 0.4) is 0 Å². The van der Waals surface area contributed by atoms with Crippen molar-refractivity contribution < 1.29 is 22.3 Å². The van der Waals surface area contributed by atoms with Crippen LogP contribution in [-0.2, 0) is 10.0 Å². The highest BCUT2D eigenvalue weighted by molar-refractivity contribution is 7.92. The number of anilines is 1. The summed E-state index contributed by atoms with van der Waals surface area (Å²) in [6, 6.07) is 16.4. The molecule has 6 nitrogen and oxygen atoms in total. The minimum absolute atomic E-state index is 0.149. The number of rotatable bonds is 8. The molecule has 0 unspecified atom stereocenters. The van der Waals surface area contributed by atoms with Crippen LogP contribution in [0.15, 0.2) is 71.6 Å². The molecule has 0 atom stereocenters. The van der Waals surface area contributed by atoms with Gasteiger partial charge in [-0.25, -0.2) is 12.8 Å². The van der Waals surface area contributed by atoms with Gasteiger partial charge in [0.15, 0.2) is 0 Å². The first-order valence-corrected chi connectivity index (χ1v) is 11.2. The molecular weight excluding hydrogens is 443 g/mol. The molecule has 0 aliphatic carbocycles. The summed E-state index contributed by atoms with van der Waals surface area (Å²) in [5.74, 6) is -0.529. The minimum atomic E-state index is -4.08. The van der Waals surface area contributed by atoms with Gasteiger partial charge in [-0.1, -0.05) is 29.8 Å². The molecule has 2 N–H and O–H groups in total. The quantitative estimate of drug-likeness (QED) is 0.486. The summed E-state index contributed by atoms with van der Waals surface area (Å²) in [6.07, 6.45) is 0. The highest BCUT2D eigenvalue weighted by Crippen LogP contribution is 2.21. The number of ether oxygens (including phenoxy) is 1. The average molecular weight is 463 g/mol. The van der Waals surface area contributed by atoms with Crippen molar-refractivity contribution in [3.8, 4) is 5.75 Å². The molecule has 3 aromatic rings. The first kappa shape index (κ1) is 22.6. The molecule has 0 radical (unpaired) electrons. The van der Waals surface area contributed by atoms with Crippen LogP contribution in [0.1, 0.15) is 15.9 Å². The first-order valence-electron chi connectivity index (χ1n) is 9.31. The van der Waals surface area contributed by atoms with E-state index in [1.54, 1.807) is 31.2 Å². The number of halogens is 2. The van der Waals surface area contributed by atoms with Crippen LogP contribution in [0.25, 0.3) is 0 Å². The van der Waals surface area contributed by atoms with Gasteiger partial charge in [-0.15, -0.1) is 0 Å². The van der Waals surface area contributed by atoms with Crippen LogP contribution < -0.4 is 14.8 Å². The van der Waals surface area contributed by atoms with Crippen molar-refractivity contribution in [2.45, 2.75) is 11.8 Å². The van der Waals surface area contributed by atoms with E-state index < -0.39 is 21.7 Å². The van der Waals surface area contributed by atoms with Gasteiger partial charge in [0, 0.05) is 10.6 Å². The predicted molar refractivity (Wildman–Crippen MR) is 118 cm³/mol. The SMILES string of the molecule is Cc1ccc(S(=O)(=O)Nc2ccccc2F)cc1C(=O)NCCOc1ccc(Cl)cc1. The second-order valence-electron chi connectivity index (χ2n) is 6.62. The van der Waals surface area contributed by atoms with E-state index in [0.717, 1.165) is 6.07 Å². The summed E-state index contributed by atoms with van der Waals surface area (Å²) in [7, 11) is -4.08. The molecule has 0 aliphatic heterocycles. The summed E-state index contributed by atoms with van der Waals surface area (Å²) in [6.45, 7) is 2.13. The van der Waals surface area contributed by atoms with Gasteiger partial charge in [0.25, 0.3) is 15.9 Å². The van der Waals surface area contributed by atoms with E-state index in [0.29, 0.717) is 16.3 Å². The largest absolute Gasteiger partial charge is 0.492 e. The maximum atomic E-state index is 13.8. The van der Waals surface area contributed by atoms with Gasteiger partial charge in [-0.3, -0.25) is 9.52 Å². The Morgan fingerprint density at radius 2 is 1.77 bits per heavy atom. The molecule has 0 heterocycles. The van der Waals surface area contributed by atoms with Crippen molar-refractivity contribution in [1.29, 1.82) is 0 Å². The second kappa shape index (κ2) is 9.80. The lowest BCUT2D eigenvalue weighted by molar-refractivity contribution is 0.0946. The number of amides is 1. The zero-order valence-corrected chi connectivity index (χ0v) is 18.1. The maximum Gasteiger partial charge on any atom is 0.262 e. The zero-order valence-electron chi connectivity index (χ0n) is 16.6. The van der Waals surface area contributed by atoms with Crippen LogP contribution in [0.5, 0.6) is 5.75 Å². The zero-order chi connectivity index (χ0) is 22.4. The van der Waals surface area contributed by atoms with E-state index in [9.17, 15) is 17.6 Å². The lowest BCUT2D eigenvalue weighted by Gasteiger charge is -2.12. The number of carbonyl (C=O) groups excluding carboxylic acids is 1. The Hall–Kier alpha value is -3.10. The van der Waals surface area contributed by atoms with Crippen molar-refractivity contribution in [3.63, 3.8) is 0 Å². The number of hydrogen-bond donors (Lipinski definition) is 2. The highest BCUT2D eigenvalue weighted by Gasteiger charge is 2.19. The molecule has 3 rings (SSSR count). The average Bonchev–Trinajstić information content (AvgIpc) is 2.74. The van der Waals surface area contributed by atoms with Gasteiger partial charge in [0.1, 0.15) is 18.2 Å². The van der Waals surface area contributed by atoms with Crippen LogP contribution in [-0.4, -0.2) is 27.5 Å². The van der Waals surface area contributed by atoms with E-state index in [4.69, 9.17) is 16.3 Å². The molecule has 1 amide bonds. The molecule has 9 heteroatoms. The van der Waals surface area contributed by atoms with Crippen molar-refractivity contribution in [2.24, 2.45) is 0 Å². The Labute approximate surface area is 185 Å². The van der Waals surface area contributed by atoms with Crippen molar-refractivity contribution in [1.82, 2.24) is 5.32 Å². The standard InChI is InChI=1S/C22H20ClFN2O4S/c1-15-6-11-18(31(28,29)26-21-5-3-2-4-20(21)24)14-19(15)22(27)25-12-13-30-17-9-7-16(23)8-10-17/h2-11,14,26H,12-13H2,1H3,(H,25,27). The summed E-state index contributed by atoms with van der Waals surface area (Å²) in [4.78, 5) is 12.4. The highest BCUT2D eigenvalue weighted by atomic mass is 35.5. The number of carbonyl (C=O) groups is 1. The molecule has 162 valence electrons. The van der Waals surface area contributed by atoms with Crippen LogP contribution in [0.2, 0.25) is 5.02 Å². The van der Waals surface area contributed by atoms with Crippen LogP contribution >= 0.6 is 11.6 Å². The Kier molecular flexibility index (Phi) is 7.14. The lowest BCUT2D eigenvalue weighted by atomic mass is 10.1. The molecular formula is C22H20ClFN2O4S. The normalized spacial score (nSPS) is 11.1.